The fourth-order valence-electron chi connectivity index (χ4n) is 2.87. The predicted molar refractivity (Wildman–Crippen MR) is 70.7 cm³/mol. The number of hydrogen-bond acceptors (Lipinski definition) is 2. The van der Waals surface area contributed by atoms with E-state index < -0.39 is 5.60 Å². The van der Waals surface area contributed by atoms with Gasteiger partial charge in [-0.25, -0.2) is 0 Å². The summed E-state index contributed by atoms with van der Waals surface area (Å²) in [7, 11) is 0. The van der Waals surface area contributed by atoms with E-state index in [9.17, 15) is 5.11 Å². The summed E-state index contributed by atoms with van der Waals surface area (Å²) < 4.78 is 0. The number of hydrogen-bond donors (Lipinski definition) is 1. The molecule has 1 saturated carbocycles. The number of rotatable bonds is 1. The molecule has 0 radical (unpaired) electrons. The molecule has 0 amide bonds. The number of nitrogens with zero attached hydrogens (tertiary/aromatic N) is 1. The normalized spacial score (nSPS) is 25.7. The second-order valence-corrected chi connectivity index (χ2v) is 5.58. The van der Waals surface area contributed by atoms with Crippen LogP contribution in [0.25, 0.3) is 0 Å². The highest BCUT2D eigenvalue weighted by atomic mass is 16.3. The lowest BCUT2D eigenvalue weighted by atomic mass is 9.85. The molecular formula is C15H25NO. The smallest absolute Gasteiger partial charge is 0.125 e. The van der Waals surface area contributed by atoms with E-state index in [0.717, 1.165) is 32.2 Å². The molecule has 0 atom stereocenters. The monoisotopic (exact) mass is 235 g/mol. The molecule has 1 N–H and O–H groups in total. The van der Waals surface area contributed by atoms with E-state index in [4.69, 9.17) is 0 Å². The molecule has 2 nitrogen and oxygen atoms in total. The highest BCUT2D eigenvalue weighted by Crippen LogP contribution is 2.27. The van der Waals surface area contributed by atoms with Gasteiger partial charge in [-0.1, -0.05) is 31.1 Å². The number of aliphatic hydroxyl groups is 1. The summed E-state index contributed by atoms with van der Waals surface area (Å²) in [6.45, 7) is 3.22. The zero-order chi connectivity index (χ0) is 12.0. The predicted octanol–water partition coefficient (Wildman–Crippen LogP) is 2.56. The Bertz CT molecular complexity index is 275. The molecule has 1 aliphatic carbocycles. The van der Waals surface area contributed by atoms with Gasteiger partial charge in [0.15, 0.2) is 0 Å². The van der Waals surface area contributed by atoms with Crippen LogP contribution < -0.4 is 0 Å². The van der Waals surface area contributed by atoms with Gasteiger partial charge in [-0.3, -0.25) is 4.90 Å². The molecule has 17 heavy (non-hydrogen) atoms. The van der Waals surface area contributed by atoms with Gasteiger partial charge in [-0.2, -0.15) is 0 Å². The average molecular weight is 235 g/mol. The first-order chi connectivity index (χ1) is 8.29. The maximum Gasteiger partial charge on any atom is 0.125 e. The Labute approximate surface area is 105 Å². The van der Waals surface area contributed by atoms with Gasteiger partial charge < -0.3 is 5.11 Å². The summed E-state index contributed by atoms with van der Waals surface area (Å²) in [6, 6.07) is 0. The molecule has 0 aromatic heterocycles. The molecule has 96 valence electrons. The molecule has 2 aliphatic rings. The van der Waals surface area contributed by atoms with Crippen LogP contribution in [0.2, 0.25) is 0 Å². The van der Waals surface area contributed by atoms with Crippen molar-refractivity contribution in [3.8, 4) is 11.8 Å². The average Bonchev–Trinajstić information content (AvgIpc) is 2.58. The summed E-state index contributed by atoms with van der Waals surface area (Å²) in [6.07, 6.45) is 10.6. The summed E-state index contributed by atoms with van der Waals surface area (Å²) in [5.74, 6) is 6.35. The van der Waals surface area contributed by atoms with Crippen LogP contribution in [-0.2, 0) is 0 Å². The standard InChI is InChI=1S/C15H25NO/c17-15(9-4-3-5-10-15)11-8-14-16-12-6-1-2-7-13-16/h17H,1-7,9-10,12-14H2. The van der Waals surface area contributed by atoms with Crippen molar-refractivity contribution < 1.29 is 5.11 Å². The maximum atomic E-state index is 10.3. The Kier molecular flexibility index (Phi) is 4.88. The third-order valence-corrected chi connectivity index (χ3v) is 4.00. The minimum Gasteiger partial charge on any atom is -0.378 e. The quantitative estimate of drug-likeness (QED) is 0.706. The van der Waals surface area contributed by atoms with Gasteiger partial charge in [-0.05, 0) is 51.6 Å². The Morgan fingerprint density at radius 3 is 2.12 bits per heavy atom. The summed E-state index contributed by atoms with van der Waals surface area (Å²) in [5, 5.41) is 10.3. The van der Waals surface area contributed by atoms with Crippen LogP contribution >= 0.6 is 0 Å². The van der Waals surface area contributed by atoms with Crippen LogP contribution in [0.1, 0.15) is 57.8 Å². The second-order valence-electron chi connectivity index (χ2n) is 5.58. The Morgan fingerprint density at radius 2 is 1.47 bits per heavy atom. The lowest BCUT2D eigenvalue weighted by Gasteiger charge is -2.26. The molecule has 2 rings (SSSR count). The van der Waals surface area contributed by atoms with Crippen LogP contribution in [-0.4, -0.2) is 35.2 Å². The molecule has 0 spiro atoms. The Hall–Kier alpha value is -0.520. The van der Waals surface area contributed by atoms with Crippen molar-refractivity contribution in [2.24, 2.45) is 0 Å². The molecule has 0 unspecified atom stereocenters. The molecule has 0 aromatic rings. The topological polar surface area (TPSA) is 23.5 Å². The first kappa shape index (κ1) is 12.9. The zero-order valence-electron chi connectivity index (χ0n) is 10.9. The van der Waals surface area contributed by atoms with Crippen molar-refractivity contribution in [3.63, 3.8) is 0 Å². The maximum absolute atomic E-state index is 10.3. The zero-order valence-corrected chi connectivity index (χ0v) is 10.9. The minimum atomic E-state index is -0.663. The first-order valence-electron chi connectivity index (χ1n) is 7.23. The highest BCUT2D eigenvalue weighted by Gasteiger charge is 2.26. The molecule has 0 bridgehead atoms. The van der Waals surface area contributed by atoms with Gasteiger partial charge in [0, 0.05) is 0 Å². The fraction of sp³-hybridized carbons (Fsp3) is 0.867. The van der Waals surface area contributed by atoms with Crippen LogP contribution in [0.4, 0.5) is 0 Å². The van der Waals surface area contributed by atoms with E-state index in [1.54, 1.807) is 0 Å². The van der Waals surface area contributed by atoms with Gasteiger partial charge in [0.2, 0.25) is 0 Å². The van der Waals surface area contributed by atoms with Crippen LogP contribution in [0.15, 0.2) is 0 Å². The van der Waals surface area contributed by atoms with Crippen molar-refractivity contribution in [3.05, 3.63) is 0 Å². The van der Waals surface area contributed by atoms with Crippen molar-refractivity contribution in [1.29, 1.82) is 0 Å². The fourth-order valence-corrected chi connectivity index (χ4v) is 2.87. The molecular weight excluding hydrogens is 210 g/mol. The molecule has 1 saturated heterocycles. The Balaban J connectivity index is 1.79. The van der Waals surface area contributed by atoms with E-state index in [-0.39, 0.29) is 0 Å². The highest BCUT2D eigenvalue weighted by molar-refractivity contribution is 5.15. The van der Waals surface area contributed by atoms with E-state index in [1.807, 2.05) is 0 Å². The second kappa shape index (κ2) is 6.42. The summed E-state index contributed by atoms with van der Waals surface area (Å²) in [5.41, 5.74) is -0.663. The van der Waals surface area contributed by atoms with Gasteiger partial charge in [-0.15, -0.1) is 0 Å². The SMILES string of the molecule is OC1(C#CCN2CCCCCC2)CCCCC1. The third kappa shape index (κ3) is 4.33. The van der Waals surface area contributed by atoms with Gasteiger partial charge in [0.25, 0.3) is 0 Å². The van der Waals surface area contributed by atoms with Crippen molar-refractivity contribution in [1.82, 2.24) is 4.90 Å². The van der Waals surface area contributed by atoms with Gasteiger partial charge in [0.05, 0.1) is 6.54 Å². The lowest BCUT2D eigenvalue weighted by molar-refractivity contribution is 0.0608. The molecule has 1 aliphatic heterocycles. The molecule has 0 aromatic carbocycles. The Morgan fingerprint density at radius 1 is 0.882 bits per heavy atom. The molecule has 1 heterocycles. The third-order valence-electron chi connectivity index (χ3n) is 4.00. The van der Waals surface area contributed by atoms with E-state index >= 15 is 0 Å². The van der Waals surface area contributed by atoms with Gasteiger partial charge in [0.1, 0.15) is 5.60 Å². The van der Waals surface area contributed by atoms with Crippen LogP contribution in [0.5, 0.6) is 0 Å². The first-order valence-corrected chi connectivity index (χ1v) is 7.23. The largest absolute Gasteiger partial charge is 0.378 e. The molecule has 2 heteroatoms. The van der Waals surface area contributed by atoms with E-state index in [1.165, 1.54) is 45.2 Å². The minimum absolute atomic E-state index is 0.663. The lowest BCUT2D eigenvalue weighted by Crippen LogP contribution is -2.30. The van der Waals surface area contributed by atoms with E-state index in [0.29, 0.717) is 0 Å². The summed E-state index contributed by atoms with van der Waals surface area (Å²) in [4.78, 5) is 2.44. The van der Waals surface area contributed by atoms with Crippen LogP contribution in [0, 0.1) is 11.8 Å². The van der Waals surface area contributed by atoms with Gasteiger partial charge >= 0.3 is 0 Å². The van der Waals surface area contributed by atoms with Crippen molar-refractivity contribution in [2.75, 3.05) is 19.6 Å². The van der Waals surface area contributed by atoms with Crippen molar-refractivity contribution in [2.45, 2.75) is 63.4 Å². The van der Waals surface area contributed by atoms with E-state index in [2.05, 4.69) is 16.7 Å². The van der Waals surface area contributed by atoms with Crippen molar-refractivity contribution >= 4 is 0 Å². The van der Waals surface area contributed by atoms with Crippen LogP contribution in [0.3, 0.4) is 0 Å². The molecule has 2 fully saturated rings. The number of likely N-dealkylation sites (tertiary alicyclic amines) is 1. The summed E-state index contributed by atoms with van der Waals surface area (Å²) >= 11 is 0.